The summed E-state index contributed by atoms with van der Waals surface area (Å²) in [5, 5.41) is 9.29. The van der Waals surface area contributed by atoms with E-state index in [1.54, 1.807) is 47.1 Å². The van der Waals surface area contributed by atoms with Gasteiger partial charge in [-0.05, 0) is 70.8 Å². The van der Waals surface area contributed by atoms with Gasteiger partial charge in [0.1, 0.15) is 22.9 Å². The molecule has 6 heterocycles. The van der Waals surface area contributed by atoms with E-state index in [0.29, 0.717) is 60.0 Å². The molecule has 3 aliphatic rings. The van der Waals surface area contributed by atoms with Gasteiger partial charge in [-0.25, -0.2) is 18.5 Å². The van der Waals surface area contributed by atoms with Crippen LogP contribution in [0.2, 0.25) is 0 Å². The summed E-state index contributed by atoms with van der Waals surface area (Å²) in [5.41, 5.74) is 3.54. The highest BCUT2D eigenvalue weighted by atomic mass is 19.1. The Morgan fingerprint density at radius 1 is 0.981 bits per heavy atom. The van der Waals surface area contributed by atoms with Gasteiger partial charge < -0.3 is 19.1 Å². The van der Waals surface area contributed by atoms with E-state index in [4.69, 9.17) is 19.3 Å². The number of methoxy groups -OCH3 is 2. The largest absolute Gasteiger partial charge is 0.497 e. The van der Waals surface area contributed by atoms with Crippen LogP contribution in [-0.4, -0.2) is 98.1 Å². The lowest BCUT2D eigenvalue weighted by molar-refractivity contribution is -0.129. The lowest BCUT2D eigenvalue weighted by Gasteiger charge is -2.34. The van der Waals surface area contributed by atoms with E-state index < -0.39 is 11.6 Å². The monoisotopic (exact) mass is 716 g/mol. The number of fused-ring (bicyclic) bond motifs is 2. The molecule has 1 aromatic carbocycles. The van der Waals surface area contributed by atoms with Crippen molar-refractivity contribution >= 4 is 29.2 Å². The average molecular weight is 717 g/mol. The topological polar surface area (TPSA) is 127 Å². The van der Waals surface area contributed by atoms with Crippen molar-refractivity contribution in [3.63, 3.8) is 0 Å². The number of anilines is 1. The molecule has 3 aliphatic heterocycles. The Balaban J connectivity index is 0.991. The Morgan fingerprint density at radius 3 is 2.50 bits per heavy atom. The summed E-state index contributed by atoms with van der Waals surface area (Å²) in [4.78, 5) is 46.0. The van der Waals surface area contributed by atoms with E-state index >= 15 is 4.39 Å². The van der Waals surface area contributed by atoms with E-state index in [9.17, 15) is 14.4 Å². The van der Waals surface area contributed by atoms with Crippen molar-refractivity contribution in [2.75, 3.05) is 45.3 Å². The molecule has 0 radical (unpaired) electrons. The average Bonchev–Trinajstić information content (AvgIpc) is 3.72. The third-order valence-electron chi connectivity index (χ3n) is 9.95. The Bertz CT molecular complexity index is 2000. The molecule has 276 valence electrons. The Labute approximate surface area is 301 Å². The molecule has 4 aromatic rings. The van der Waals surface area contributed by atoms with Crippen LogP contribution in [0.5, 0.6) is 11.5 Å². The maximum Gasteiger partial charge on any atom is 0.410 e. The minimum absolute atomic E-state index is 0.00935. The molecule has 14 nitrogen and oxygen atoms in total. The van der Waals surface area contributed by atoms with Crippen molar-refractivity contribution in [2.24, 2.45) is 0 Å². The second kappa shape index (κ2) is 14.1. The molecule has 0 saturated carbocycles. The van der Waals surface area contributed by atoms with Gasteiger partial charge in [0.2, 0.25) is 5.91 Å². The summed E-state index contributed by atoms with van der Waals surface area (Å²) in [5.74, 6) is 0.467. The molecule has 3 aromatic heterocycles. The first-order chi connectivity index (χ1) is 24.9. The first-order valence-corrected chi connectivity index (χ1v) is 17.7. The number of pyridine rings is 1. The second-order valence-electron chi connectivity index (χ2n) is 14.6. The van der Waals surface area contributed by atoms with Gasteiger partial charge in [0.05, 0.1) is 62.6 Å². The SMILES string of the molecule is COc1ccc(CN2C(=O)CCN(c3cnn4cc(C5CCN(Cc6cc7n(n6)CCN(C(=O)OC(C)(C)C)C7)CC5)c(F)cc34)C2=O)c(OC)c1. The number of amides is 4. The van der Waals surface area contributed by atoms with Crippen molar-refractivity contribution in [1.29, 1.82) is 0 Å². The molecule has 0 unspecified atom stereocenters. The number of urea groups is 1. The summed E-state index contributed by atoms with van der Waals surface area (Å²) < 4.78 is 35.8. The van der Waals surface area contributed by atoms with E-state index in [-0.39, 0.29) is 43.2 Å². The number of likely N-dealkylation sites (tertiary alicyclic amines) is 1. The van der Waals surface area contributed by atoms with Crippen LogP contribution >= 0.6 is 0 Å². The highest BCUT2D eigenvalue weighted by Gasteiger charge is 2.35. The highest BCUT2D eigenvalue weighted by molar-refractivity contribution is 6.07. The molecule has 0 aliphatic carbocycles. The van der Waals surface area contributed by atoms with Gasteiger partial charge >= 0.3 is 12.1 Å². The first-order valence-electron chi connectivity index (χ1n) is 17.7. The maximum absolute atomic E-state index is 15.9. The molecule has 2 saturated heterocycles. The first kappa shape index (κ1) is 35.2. The predicted octanol–water partition coefficient (Wildman–Crippen LogP) is 5.18. The van der Waals surface area contributed by atoms with E-state index in [2.05, 4.69) is 16.1 Å². The van der Waals surface area contributed by atoms with Gasteiger partial charge in [-0.1, -0.05) is 0 Å². The molecule has 0 N–H and O–H groups in total. The molecule has 52 heavy (non-hydrogen) atoms. The molecule has 0 atom stereocenters. The number of halogens is 1. The van der Waals surface area contributed by atoms with Crippen molar-refractivity contribution in [2.45, 2.75) is 77.7 Å². The van der Waals surface area contributed by atoms with Crippen LogP contribution in [-0.2, 0) is 35.7 Å². The van der Waals surface area contributed by atoms with Crippen LogP contribution < -0.4 is 14.4 Å². The molecular formula is C37H45FN8O6. The Morgan fingerprint density at radius 2 is 1.77 bits per heavy atom. The number of carbonyl (C=O) groups excluding carboxylic acids is 3. The quantitative estimate of drug-likeness (QED) is 0.243. The fraction of sp³-hybridized carbons (Fsp3) is 0.486. The zero-order valence-corrected chi connectivity index (χ0v) is 30.3. The highest BCUT2D eigenvalue weighted by Crippen LogP contribution is 2.34. The number of hydrogen-bond donors (Lipinski definition) is 0. The van der Waals surface area contributed by atoms with E-state index in [1.165, 1.54) is 23.0 Å². The number of aromatic nitrogens is 4. The summed E-state index contributed by atoms with van der Waals surface area (Å²) in [6.07, 6.45) is 4.63. The number of rotatable bonds is 8. The normalized spacial score (nSPS) is 17.5. The van der Waals surface area contributed by atoms with Crippen molar-refractivity contribution < 1.29 is 33.0 Å². The van der Waals surface area contributed by atoms with Gasteiger partial charge in [-0.2, -0.15) is 10.2 Å². The van der Waals surface area contributed by atoms with Gasteiger partial charge in [-0.15, -0.1) is 0 Å². The van der Waals surface area contributed by atoms with Crippen LogP contribution in [0.3, 0.4) is 0 Å². The Hall–Kier alpha value is -5.18. The van der Waals surface area contributed by atoms with Crippen LogP contribution in [0.1, 0.15) is 68.5 Å². The number of nitrogens with zero attached hydrogens (tertiary/aromatic N) is 8. The fourth-order valence-corrected chi connectivity index (χ4v) is 7.25. The zero-order valence-electron chi connectivity index (χ0n) is 30.3. The predicted molar refractivity (Wildman–Crippen MR) is 189 cm³/mol. The number of hydrogen-bond acceptors (Lipinski definition) is 9. The summed E-state index contributed by atoms with van der Waals surface area (Å²) in [6, 6.07) is 8.22. The lowest BCUT2D eigenvalue weighted by Crippen LogP contribution is -2.52. The molecule has 4 amide bonds. The second-order valence-corrected chi connectivity index (χ2v) is 14.6. The maximum atomic E-state index is 15.9. The molecule has 0 spiro atoms. The molecule has 7 rings (SSSR count). The molecule has 15 heteroatoms. The van der Waals surface area contributed by atoms with Crippen LogP contribution in [0.25, 0.3) is 5.52 Å². The molecular weight excluding hydrogens is 671 g/mol. The smallest absolute Gasteiger partial charge is 0.410 e. The number of imide groups is 1. The number of carbonyl (C=O) groups is 3. The van der Waals surface area contributed by atoms with Gasteiger partial charge in [0, 0.05) is 55.5 Å². The van der Waals surface area contributed by atoms with Crippen LogP contribution in [0, 0.1) is 5.82 Å². The third kappa shape index (κ3) is 7.14. The fourth-order valence-electron chi connectivity index (χ4n) is 7.25. The zero-order chi connectivity index (χ0) is 36.7. The Kier molecular flexibility index (Phi) is 9.55. The third-order valence-corrected chi connectivity index (χ3v) is 9.95. The van der Waals surface area contributed by atoms with Gasteiger partial charge in [-0.3, -0.25) is 24.2 Å². The molecule has 0 bridgehead atoms. The van der Waals surface area contributed by atoms with E-state index in [0.717, 1.165) is 37.3 Å². The summed E-state index contributed by atoms with van der Waals surface area (Å²) >= 11 is 0. The molecule has 2 fully saturated rings. The van der Waals surface area contributed by atoms with Gasteiger partial charge in [0.25, 0.3) is 0 Å². The van der Waals surface area contributed by atoms with Gasteiger partial charge in [0.15, 0.2) is 0 Å². The van der Waals surface area contributed by atoms with Crippen LogP contribution in [0.15, 0.2) is 42.7 Å². The van der Waals surface area contributed by atoms with Crippen molar-refractivity contribution in [1.82, 2.24) is 34.1 Å². The van der Waals surface area contributed by atoms with Crippen molar-refractivity contribution in [3.05, 3.63) is 71.1 Å². The minimum atomic E-state index is -0.546. The standard InChI is InChI=1S/C37H45FN8O6/c1-37(2,3)52-36(49)42-14-15-45-27(22-42)16-26(40-45)21-41-11-8-24(9-12-41)29-23-46-31(18-30(29)38)32(19-39-46)43-13-10-34(47)44(35(43)48)20-25-6-7-28(50-4)17-33(25)51-5/h6-7,16-19,23-24H,8-15,20-22H2,1-5H3. The van der Waals surface area contributed by atoms with Crippen LogP contribution in [0.4, 0.5) is 19.7 Å². The number of benzene rings is 1. The summed E-state index contributed by atoms with van der Waals surface area (Å²) in [6.45, 7) is 9.65. The lowest BCUT2D eigenvalue weighted by atomic mass is 9.90. The minimum Gasteiger partial charge on any atom is -0.497 e. The number of piperidine rings is 1. The number of ether oxygens (including phenoxy) is 3. The van der Waals surface area contributed by atoms with Crippen molar-refractivity contribution in [3.8, 4) is 11.5 Å². The summed E-state index contributed by atoms with van der Waals surface area (Å²) in [7, 11) is 3.07. The van der Waals surface area contributed by atoms with E-state index in [1.807, 2.05) is 25.5 Å².